The Bertz CT molecular complexity index is 1400. The van der Waals surface area contributed by atoms with Gasteiger partial charge in [0.1, 0.15) is 23.5 Å². The largest absolute Gasteiger partial charge is 0.491 e. The van der Waals surface area contributed by atoms with Crippen LogP contribution in [-0.4, -0.2) is 45.0 Å². The number of fused-ring (bicyclic) bond motifs is 5. The third kappa shape index (κ3) is 3.74. The Balaban J connectivity index is 1.19. The number of hydrogen-bond acceptors (Lipinski definition) is 6. The molecule has 3 aliphatic heterocycles. The van der Waals surface area contributed by atoms with Gasteiger partial charge in [0, 0.05) is 30.4 Å². The van der Waals surface area contributed by atoms with Gasteiger partial charge in [-0.05, 0) is 29.8 Å². The summed E-state index contributed by atoms with van der Waals surface area (Å²) in [7, 11) is 0. The fraction of sp³-hybridized carbons (Fsp3) is 0.231. The number of anilines is 2. The maximum absolute atomic E-state index is 13.9. The first-order valence-corrected chi connectivity index (χ1v) is 11.5. The topological polar surface area (TPSA) is 98.4 Å². The molecular formula is C26H21F2N3O6. The number of rotatable bonds is 6. The van der Waals surface area contributed by atoms with Crippen LogP contribution in [0.15, 0.2) is 60.7 Å². The lowest BCUT2D eigenvalue weighted by atomic mass is 9.77. The van der Waals surface area contributed by atoms with Crippen LogP contribution in [0.5, 0.6) is 23.0 Å². The van der Waals surface area contributed by atoms with Crippen LogP contribution in [0.4, 0.5) is 25.0 Å². The Kier molecular flexibility index (Phi) is 5.47. The molecule has 0 radical (unpaired) electrons. The molecular weight excluding hydrogens is 488 g/mol. The second-order valence-corrected chi connectivity index (χ2v) is 8.63. The van der Waals surface area contributed by atoms with E-state index in [1.54, 1.807) is 23.1 Å². The molecule has 3 aromatic rings. The fourth-order valence-electron chi connectivity index (χ4n) is 5.00. The van der Waals surface area contributed by atoms with Crippen LogP contribution in [0.25, 0.3) is 0 Å². The zero-order valence-electron chi connectivity index (χ0n) is 19.3. The molecule has 1 unspecified atom stereocenters. The van der Waals surface area contributed by atoms with E-state index >= 15 is 0 Å². The van der Waals surface area contributed by atoms with E-state index in [2.05, 4.69) is 15.4 Å². The molecule has 190 valence electrons. The molecule has 11 heteroatoms. The molecule has 3 aliphatic rings. The molecule has 3 aromatic carbocycles. The van der Waals surface area contributed by atoms with Gasteiger partial charge in [-0.1, -0.05) is 30.3 Å². The van der Waals surface area contributed by atoms with Crippen molar-refractivity contribution in [1.82, 2.24) is 5.32 Å². The Morgan fingerprint density at radius 3 is 2.59 bits per heavy atom. The summed E-state index contributed by atoms with van der Waals surface area (Å²) >= 11 is 0. The van der Waals surface area contributed by atoms with Crippen LogP contribution in [0.3, 0.4) is 0 Å². The van der Waals surface area contributed by atoms with Crippen LogP contribution < -0.4 is 34.5 Å². The molecule has 2 N–H and O–H groups in total. The molecule has 37 heavy (non-hydrogen) atoms. The number of benzene rings is 3. The number of carbonyl (C=O) groups excluding carboxylic acids is 2. The highest BCUT2D eigenvalue weighted by atomic mass is 19.3. The predicted octanol–water partition coefficient (Wildman–Crippen LogP) is 3.86. The Morgan fingerprint density at radius 1 is 1.00 bits per heavy atom. The van der Waals surface area contributed by atoms with E-state index in [-0.39, 0.29) is 43.8 Å². The van der Waals surface area contributed by atoms with Crippen molar-refractivity contribution in [2.75, 3.05) is 36.7 Å². The first-order chi connectivity index (χ1) is 18.0. The van der Waals surface area contributed by atoms with E-state index in [1.807, 2.05) is 24.3 Å². The van der Waals surface area contributed by atoms with Gasteiger partial charge in [-0.25, -0.2) is 4.79 Å². The number of alkyl halides is 2. The minimum Gasteiger partial charge on any atom is -0.491 e. The molecule has 0 bridgehead atoms. The molecule has 0 fully saturated rings. The Labute approximate surface area is 209 Å². The van der Waals surface area contributed by atoms with E-state index in [4.69, 9.17) is 14.2 Å². The molecule has 0 saturated heterocycles. The van der Waals surface area contributed by atoms with Gasteiger partial charge < -0.3 is 34.5 Å². The average Bonchev–Trinajstić information content (AvgIpc) is 3.56. The number of carbonyl (C=O) groups is 2. The molecule has 1 spiro atoms. The maximum atomic E-state index is 13.9. The zero-order valence-corrected chi connectivity index (χ0v) is 19.3. The lowest BCUT2D eigenvalue weighted by Gasteiger charge is -2.23. The monoisotopic (exact) mass is 509 g/mol. The normalized spacial score (nSPS) is 18.6. The van der Waals surface area contributed by atoms with Crippen LogP contribution in [-0.2, 0) is 10.2 Å². The lowest BCUT2D eigenvalue weighted by Crippen LogP contribution is -2.45. The van der Waals surface area contributed by atoms with Crippen LogP contribution in [0.1, 0.15) is 11.1 Å². The molecule has 0 aliphatic carbocycles. The van der Waals surface area contributed by atoms with Crippen molar-refractivity contribution in [2.45, 2.75) is 12.0 Å². The SMILES string of the molecule is O=C(NCCN1C(=O)C2(COc3cc4c(cc32)OCO4)c2ccccc21)Nc1ccccc1OC(F)F. The van der Waals surface area contributed by atoms with Crippen molar-refractivity contribution in [3.8, 4) is 23.0 Å². The minimum atomic E-state index is -3.02. The van der Waals surface area contributed by atoms with Crippen molar-refractivity contribution in [3.05, 3.63) is 71.8 Å². The van der Waals surface area contributed by atoms with Gasteiger partial charge in [0.25, 0.3) is 0 Å². The van der Waals surface area contributed by atoms with Crippen LogP contribution in [0, 0.1) is 0 Å². The number of ether oxygens (including phenoxy) is 4. The standard InChI is InChI=1S/C26H21F2N3O6/c27-24(28)37-19-8-4-2-6-17(19)30-25(33)29-9-10-31-18-7-3-1-5-15(18)26(23(31)32)13-34-20-12-22-21(11-16(20)26)35-14-36-22/h1-8,11-12,24H,9-10,13-14H2,(H2,29,30,33). The van der Waals surface area contributed by atoms with E-state index in [0.717, 1.165) is 11.3 Å². The molecule has 1 atom stereocenters. The van der Waals surface area contributed by atoms with Crippen molar-refractivity contribution in [3.63, 3.8) is 0 Å². The summed E-state index contributed by atoms with van der Waals surface area (Å²) < 4.78 is 46.7. The highest BCUT2D eigenvalue weighted by molar-refractivity contribution is 6.11. The molecule has 3 amide bonds. The molecule has 9 nitrogen and oxygen atoms in total. The molecule has 0 aromatic heterocycles. The van der Waals surface area contributed by atoms with Crippen molar-refractivity contribution >= 4 is 23.3 Å². The summed E-state index contributed by atoms with van der Waals surface area (Å²) in [6.45, 7) is -2.50. The Morgan fingerprint density at radius 2 is 1.76 bits per heavy atom. The second-order valence-electron chi connectivity index (χ2n) is 8.63. The van der Waals surface area contributed by atoms with Gasteiger partial charge in [-0.2, -0.15) is 8.78 Å². The number of urea groups is 1. The lowest BCUT2D eigenvalue weighted by molar-refractivity contribution is -0.122. The van der Waals surface area contributed by atoms with E-state index in [1.165, 1.54) is 18.2 Å². The number of amides is 3. The van der Waals surface area contributed by atoms with Crippen LogP contribution >= 0.6 is 0 Å². The van der Waals surface area contributed by atoms with Crippen molar-refractivity contribution < 1.29 is 37.3 Å². The van der Waals surface area contributed by atoms with Gasteiger partial charge in [-0.3, -0.25) is 4.79 Å². The van der Waals surface area contributed by atoms with Crippen molar-refractivity contribution in [1.29, 1.82) is 0 Å². The second kappa shape index (κ2) is 8.84. The van der Waals surface area contributed by atoms with Gasteiger partial charge in [0.15, 0.2) is 11.5 Å². The summed E-state index contributed by atoms with van der Waals surface area (Å²) in [6.07, 6.45) is 0. The third-order valence-corrected chi connectivity index (χ3v) is 6.62. The van der Waals surface area contributed by atoms with Crippen LogP contribution in [0.2, 0.25) is 0 Å². The van der Waals surface area contributed by atoms with Gasteiger partial charge >= 0.3 is 12.6 Å². The van der Waals surface area contributed by atoms with Crippen molar-refractivity contribution in [2.24, 2.45) is 0 Å². The summed E-state index contributed by atoms with van der Waals surface area (Å²) in [6, 6.07) is 16.3. The van der Waals surface area contributed by atoms with E-state index in [9.17, 15) is 18.4 Å². The number of para-hydroxylation sites is 3. The molecule has 6 rings (SSSR count). The molecule has 0 saturated carbocycles. The zero-order chi connectivity index (χ0) is 25.6. The molecule has 3 heterocycles. The van der Waals surface area contributed by atoms with E-state index < -0.39 is 18.1 Å². The number of nitrogens with one attached hydrogen (secondary N) is 2. The smallest absolute Gasteiger partial charge is 0.387 e. The maximum Gasteiger partial charge on any atom is 0.387 e. The summed E-state index contributed by atoms with van der Waals surface area (Å²) in [5.74, 6) is 1.36. The van der Waals surface area contributed by atoms with Gasteiger partial charge in [0.05, 0.1) is 5.69 Å². The number of halogens is 2. The van der Waals surface area contributed by atoms with E-state index in [0.29, 0.717) is 22.8 Å². The first kappa shape index (κ1) is 22.9. The third-order valence-electron chi connectivity index (χ3n) is 6.62. The van der Waals surface area contributed by atoms with Gasteiger partial charge in [-0.15, -0.1) is 0 Å². The average molecular weight is 509 g/mol. The van der Waals surface area contributed by atoms with Gasteiger partial charge in [0.2, 0.25) is 12.7 Å². The Hall–Kier alpha value is -4.54. The highest BCUT2D eigenvalue weighted by Gasteiger charge is 2.57. The predicted molar refractivity (Wildman–Crippen MR) is 128 cm³/mol. The quantitative estimate of drug-likeness (QED) is 0.524. The fourth-order valence-corrected chi connectivity index (χ4v) is 5.00. The summed E-state index contributed by atoms with van der Waals surface area (Å²) in [5.41, 5.74) is 1.29. The summed E-state index contributed by atoms with van der Waals surface area (Å²) in [5, 5.41) is 5.17. The number of nitrogens with zero attached hydrogens (tertiary/aromatic N) is 1. The summed E-state index contributed by atoms with van der Waals surface area (Å²) in [4.78, 5) is 28.0. The number of hydrogen-bond donors (Lipinski definition) is 2. The first-order valence-electron chi connectivity index (χ1n) is 11.5. The minimum absolute atomic E-state index is 0.0975. The highest BCUT2D eigenvalue weighted by Crippen LogP contribution is 2.54.